The molecule has 1 aromatic rings. The fraction of sp³-hybridized carbons (Fsp3) is 0.571. The van der Waals surface area contributed by atoms with Crippen molar-refractivity contribution in [1.29, 1.82) is 0 Å². The number of methoxy groups -OCH3 is 1. The third-order valence-corrected chi connectivity index (χ3v) is 3.67. The lowest BCUT2D eigenvalue weighted by Gasteiger charge is -2.35. The molecule has 0 amide bonds. The Labute approximate surface area is 103 Å². The first-order valence-electron chi connectivity index (χ1n) is 6.23. The van der Waals surface area contributed by atoms with Crippen molar-refractivity contribution >= 4 is 0 Å². The van der Waals surface area contributed by atoms with Crippen molar-refractivity contribution in [3.63, 3.8) is 0 Å². The van der Waals surface area contributed by atoms with Gasteiger partial charge >= 0.3 is 0 Å². The molecule has 3 heteroatoms. The van der Waals surface area contributed by atoms with Gasteiger partial charge in [-0.05, 0) is 37.3 Å². The second-order valence-electron chi connectivity index (χ2n) is 5.05. The van der Waals surface area contributed by atoms with Gasteiger partial charge < -0.3 is 15.6 Å². The fourth-order valence-corrected chi connectivity index (χ4v) is 2.56. The molecule has 0 spiro atoms. The molecule has 1 aromatic carbocycles. The van der Waals surface area contributed by atoms with Crippen molar-refractivity contribution in [1.82, 2.24) is 0 Å². The van der Waals surface area contributed by atoms with Gasteiger partial charge in [0.15, 0.2) is 0 Å². The minimum absolute atomic E-state index is 0.257. The molecule has 0 aromatic heterocycles. The van der Waals surface area contributed by atoms with Gasteiger partial charge in [0.1, 0.15) is 5.75 Å². The molecule has 1 fully saturated rings. The van der Waals surface area contributed by atoms with Crippen molar-refractivity contribution in [2.24, 2.45) is 5.73 Å². The van der Waals surface area contributed by atoms with Crippen LogP contribution in [0.1, 0.15) is 31.2 Å². The van der Waals surface area contributed by atoms with Crippen LogP contribution in [0.5, 0.6) is 5.75 Å². The predicted octanol–water partition coefficient (Wildman–Crippen LogP) is 1.87. The lowest BCUT2D eigenvalue weighted by Crippen LogP contribution is -2.40. The van der Waals surface area contributed by atoms with Gasteiger partial charge in [0.25, 0.3) is 0 Å². The van der Waals surface area contributed by atoms with Crippen molar-refractivity contribution in [3.8, 4) is 5.75 Å². The van der Waals surface area contributed by atoms with Crippen molar-refractivity contribution < 1.29 is 9.84 Å². The Hall–Kier alpha value is -1.06. The van der Waals surface area contributed by atoms with E-state index in [0.717, 1.165) is 37.0 Å². The van der Waals surface area contributed by atoms with Crippen LogP contribution in [0.4, 0.5) is 0 Å². The van der Waals surface area contributed by atoms with Gasteiger partial charge in [0.05, 0.1) is 12.7 Å². The molecular formula is C14H21NO2. The van der Waals surface area contributed by atoms with Gasteiger partial charge in [0, 0.05) is 12.5 Å². The molecule has 17 heavy (non-hydrogen) atoms. The molecule has 0 saturated heterocycles. The van der Waals surface area contributed by atoms with Gasteiger partial charge in [-0.15, -0.1) is 0 Å². The highest BCUT2D eigenvalue weighted by atomic mass is 16.5. The molecule has 0 atom stereocenters. The highest BCUT2D eigenvalue weighted by molar-refractivity contribution is 5.34. The minimum atomic E-state index is -0.607. The smallest absolute Gasteiger partial charge is 0.122 e. The molecule has 1 aliphatic rings. The van der Waals surface area contributed by atoms with E-state index in [2.05, 4.69) is 0 Å². The summed E-state index contributed by atoms with van der Waals surface area (Å²) < 4.78 is 5.32. The Morgan fingerprint density at radius 2 is 2.00 bits per heavy atom. The van der Waals surface area contributed by atoms with Gasteiger partial charge in [-0.3, -0.25) is 0 Å². The van der Waals surface area contributed by atoms with Crippen LogP contribution in [0.2, 0.25) is 0 Å². The van der Waals surface area contributed by atoms with E-state index in [1.807, 2.05) is 24.3 Å². The van der Waals surface area contributed by atoms with Crippen molar-refractivity contribution in [2.45, 2.75) is 43.7 Å². The Bertz CT molecular complexity index is 370. The first-order chi connectivity index (χ1) is 8.13. The molecule has 1 aliphatic carbocycles. The highest BCUT2D eigenvalue weighted by Gasteiger charge is 2.32. The molecule has 0 aliphatic heterocycles. The molecule has 0 bridgehead atoms. The second kappa shape index (κ2) is 5.07. The molecule has 0 radical (unpaired) electrons. The minimum Gasteiger partial charge on any atom is -0.496 e. The van der Waals surface area contributed by atoms with Crippen LogP contribution in [0.3, 0.4) is 0 Å². The van der Waals surface area contributed by atoms with E-state index in [0.29, 0.717) is 6.42 Å². The Kier molecular flexibility index (Phi) is 3.69. The number of para-hydroxylation sites is 1. The average molecular weight is 235 g/mol. The number of ether oxygens (including phenoxy) is 1. The quantitative estimate of drug-likeness (QED) is 0.841. The SMILES string of the molecule is COc1ccccc1CC1(O)CCC(N)CC1. The predicted molar refractivity (Wildman–Crippen MR) is 68.1 cm³/mol. The summed E-state index contributed by atoms with van der Waals surface area (Å²) in [6.45, 7) is 0. The summed E-state index contributed by atoms with van der Waals surface area (Å²) in [5.74, 6) is 0.857. The van der Waals surface area contributed by atoms with Crippen LogP contribution in [0.25, 0.3) is 0 Å². The van der Waals surface area contributed by atoms with Crippen LogP contribution in [-0.2, 0) is 6.42 Å². The zero-order chi connectivity index (χ0) is 12.3. The third-order valence-electron chi connectivity index (χ3n) is 3.67. The van der Waals surface area contributed by atoms with Crippen LogP contribution < -0.4 is 10.5 Å². The van der Waals surface area contributed by atoms with E-state index < -0.39 is 5.60 Å². The zero-order valence-corrected chi connectivity index (χ0v) is 10.4. The average Bonchev–Trinajstić information content (AvgIpc) is 2.34. The van der Waals surface area contributed by atoms with Crippen LogP contribution >= 0.6 is 0 Å². The van der Waals surface area contributed by atoms with Gasteiger partial charge in [0.2, 0.25) is 0 Å². The van der Waals surface area contributed by atoms with E-state index in [4.69, 9.17) is 10.5 Å². The maximum absolute atomic E-state index is 10.6. The monoisotopic (exact) mass is 235 g/mol. The molecular weight excluding hydrogens is 214 g/mol. The van der Waals surface area contributed by atoms with Crippen LogP contribution in [-0.4, -0.2) is 23.9 Å². The Balaban J connectivity index is 2.09. The number of nitrogens with two attached hydrogens (primary N) is 1. The summed E-state index contributed by atoms with van der Waals surface area (Å²) >= 11 is 0. The first-order valence-corrected chi connectivity index (χ1v) is 6.23. The van der Waals surface area contributed by atoms with E-state index >= 15 is 0 Å². The van der Waals surface area contributed by atoms with Gasteiger partial charge in [-0.2, -0.15) is 0 Å². The number of rotatable bonds is 3. The van der Waals surface area contributed by atoms with Gasteiger partial charge in [-0.1, -0.05) is 18.2 Å². The summed E-state index contributed by atoms with van der Waals surface area (Å²) in [6, 6.07) is 8.14. The summed E-state index contributed by atoms with van der Waals surface area (Å²) in [6.07, 6.45) is 4.04. The zero-order valence-electron chi connectivity index (χ0n) is 10.4. The number of benzene rings is 1. The summed E-state index contributed by atoms with van der Waals surface area (Å²) in [5.41, 5.74) is 6.34. The van der Waals surface area contributed by atoms with Crippen molar-refractivity contribution in [3.05, 3.63) is 29.8 Å². The molecule has 3 nitrogen and oxygen atoms in total. The second-order valence-corrected chi connectivity index (χ2v) is 5.05. The van der Waals surface area contributed by atoms with E-state index in [1.165, 1.54) is 0 Å². The molecule has 2 rings (SSSR count). The molecule has 94 valence electrons. The summed E-state index contributed by atoms with van der Waals surface area (Å²) in [4.78, 5) is 0. The molecule has 1 saturated carbocycles. The normalized spacial score (nSPS) is 29.0. The number of hydrogen-bond donors (Lipinski definition) is 2. The number of aliphatic hydroxyl groups is 1. The molecule has 0 heterocycles. The largest absolute Gasteiger partial charge is 0.496 e. The number of hydrogen-bond acceptors (Lipinski definition) is 3. The van der Waals surface area contributed by atoms with E-state index in [-0.39, 0.29) is 6.04 Å². The van der Waals surface area contributed by atoms with Crippen LogP contribution in [0, 0.1) is 0 Å². The summed E-state index contributed by atoms with van der Waals surface area (Å²) in [5, 5.41) is 10.6. The topological polar surface area (TPSA) is 55.5 Å². The maximum atomic E-state index is 10.6. The standard InChI is InChI=1S/C14H21NO2/c1-17-13-5-3-2-4-11(13)10-14(16)8-6-12(15)7-9-14/h2-5,12,16H,6-10,15H2,1H3. The highest BCUT2D eigenvalue weighted by Crippen LogP contribution is 2.33. The van der Waals surface area contributed by atoms with E-state index in [1.54, 1.807) is 7.11 Å². The van der Waals surface area contributed by atoms with Crippen molar-refractivity contribution in [2.75, 3.05) is 7.11 Å². The van der Waals surface area contributed by atoms with Crippen LogP contribution in [0.15, 0.2) is 24.3 Å². The van der Waals surface area contributed by atoms with Gasteiger partial charge in [-0.25, -0.2) is 0 Å². The lowest BCUT2D eigenvalue weighted by atomic mass is 9.78. The fourth-order valence-electron chi connectivity index (χ4n) is 2.56. The summed E-state index contributed by atoms with van der Waals surface area (Å²) in [7, 11) is 1.67. The first kappa shape index (κ1) is 12.4. The molecule has 0 unspecified atom stereocenters. The Morgan fingerprint density at radius 3 is 2.65 bits per heavy atom. The third kappa shape index (κ3) is 2.99. The molecule has 3 N–H and O–H groups in total. The maximum Gasteiger partial charge on any atom is 0.122 e. The van der Waals surface area contributed by atoms with E-state index in [9.17, 15) is 5.11 Å². The Morgan fingerprint density at radius 1 is 1.35 bits per heavy atom. The lowest BCUT2D eigenvalue weighted by molar-refractivity contribution is -0.000209.